The van der Waals surface area contributed by atoms with Crippen LogP contribution in [0.4, 0.5) is 0 Å². The molecule has 1 saturated heterocycles. The van der Waals surface area contributed by atoms with Gasteiger partial charge in [0.25, 0.3) is 0 Å². The molecule has 3 nitrogen and oxygen atoms in total. The van der Waals surface area contributed by atoms with Crippen LogP contribution in [-0.2, 0) is 13.0 Å². The molecule has 2 N–H and O–H groups in total. The predicted molar refractivity (Wildman–Crippen MR) is 65.6 cm³/mol. The van der Waals surface area contributed by atoms with Crippen LogP contribution in [0.1, 0.15) is 18.1 Å². The van der Waals surface area contributed by atoms with Gasteiger partial charge in [0.05, 0.1) is 0 Å². The monoisotopic (exact) mass is 220 g/mol. The summed E-state index contributed by atoms with van der Waals surface area (Å²) >= 11 is 0. The minimum absolute atomic E-state index is 0.489. The predicted octanol–water partition coefficient (Wildman–Crippen LogP) is 1.36. The highest BCUT2D eigenvalue weighted by molar-refractivity contribution is 5.40. The van der Waals surface area contributed by atoms with E-state index < -0.39 is 0 Å². The van der Waals surface area contributed by atoms with Gasteiger partial charge in [0.15, 0.2) is 0 Å². The first-order chi connectivity index (χ1) is 7.81. The molecule has 0 aromatic heterocycles. The van der Waals surface area contributed by atoms with Crippen molar-refractivity contribution in [2.45, 2.75) is 19.9 Å². The van der Waals surface area contributed by atoms with Gasteiger partial charge in [-0.25, -0.2) is 0 Å². The van der Waals surface area contributed by atoms with Crippen LogP contribution in [0.5, 0.6) is 5.75 Å². The van der Waals surface area contributed by atoms with Crippen molar-refractivity contribution >= 4 is 0 Å². The maximum Gasteiger partial charge on any atom is 0.123 e. The second kappa shape index (κ2) is 5.32. The Kier molecular flexibility index (Phi) is 3.80. The number of hydrogen-bond acceptors (Lipinski definition) is 3. The van der Waals surface area contributed by atoms with Crippen molar-refractivity contribution in [3.05, 3.63) is 29.3 Å². The molecule has 0 radical (unpaired) electrons. The number of phenolic OH excluding ortho intramolecular Hbond substituents is 1. The molecule has 1 aliphatic heterocycles. The van der Waals surface area contributed by atoms with Gasteiger partial charge in [0, 0.05) is 38.3 Å². The van der Waals surface area contributed by atoms with E-state index in [1.165, 1.54) is 0 Å². The Morgan fingerprint density at radius 2 is 1.94 bits per heavy atom. The number of nitrogens with zero attached hydrogens (tertiary/aromatic N) is 1. The van der Waals surface area contributed by atoms with E-state index in [1.54, 1.807) is 0 Å². The topological polar surface area (TPSA) is 35.5 Å². The summed E-state index contributed by atoms with van der Waals surface area (Å²) in [4.78, 5) is 2.38. The summed E-state index contributed by atoms with van der Waals surface area (Å²) < 4.78 is 0. The molecule has 0 amide bonds. The number of phenols is 1. The van der Waals surface area contributed by atoms with Crippen molar-refractivity contribution < 1.29 is 5.11 Å². The zero-order valence-electron chi connectivity index (χ0n) is 9.87. The lowest BCUT2D eigenvalue weighted by Gasteiger charge is -2.27. The largest absolute Gasteiger partial charge is 0.507 e. The molecular weight excluding hydrogens is 200 g/mol. The molecule has 0 aliphatic carbocycles. The summed E-state index contributed by atoms with van der Waals surface area (Å²) in [6.07, 6.45) is 0.890. The molecular formula is C13H20N2O. The fourth-order valence-electron chi connectivity index (χ4n) is 2.17. The van der Waals surface area contributed by atoms with Crippen LogP contribution in [0.3, 0.4) is 0 Å². The van der Waals surface area contributed by atoms with Crippen LogP contribution in [-0.4, -0.2) is 36.2 Å². The minimum Gasteiger partial charge on any atom is -0.507 e. The van der Waals surface area contributed by atoms with Crippen LogP contribution in [0, 0.1) is 0 Å². The molecule has 88 valence electrons. The van der Waals surface area contributed by atoms with Gasteiger partial charge in [0.1, 0.15) is 5.75 Å². The Morgan fingerprint density at radius 3 is 2.62 bits per heavy atom. The van der Waals surface area contributed by atoms with Gasteiger partial charge < -0.3 is 10.4 Å². The molecule has 1 aromatic carbocycles. The number of rotatable bonds is 3. The van der Waals surface area contributed by atoms with Crippen molar-refractivity contribution in [2.24, 2.45) is 0 Å². The quantitative estimate of drug-likeness (QED) is 0.807. The minimum atomic E-state index is 0.489. The molecule has 0 atom stereocenters. The molecule has 0 saturated carbocycles. The molecule has 0 spiro atoms. The molecule has 1 aliphatic rings. The number of piperazine rings is 1. The van der Waals surface area contributed by atoms with E-state index in [4.69, 9.17) is 0 Å². The number of aryl methyl sites for hydroxylation is 1. The third-order valence-electron chi connectivity index (χ3n) is 3.19. The second-order valence-corrected chi connectivity index (χ2v) is 4.30. The number of para-hydroxylation sites is 1. The highest BCUT2D eigenvalue weighted by Gasteiger charge is 2.12. The SMILES string of the molecule is CCc1cccc(CN2CCNCC2)c1O. The zero-order chi connectivity index (χ0) is 11.4. The Hall–Kier alpha value is -1.06. The van der Waals surface area contributed by atoms with E-state index in [0.29, 0.717) is 5.75 Å². The standard InChI is InChI=1S/C13H20N2O/c1-2-11-4-3-5-12(13(11)16)10-15-8-6-14-7-9-15/h3-5,14,16H,2,6-10H2,1H3. The Bertz CT molecular complexity index is 346. The van der Waals surface area contributed by atoms with Gasteiger partial charge in [-0.2, -0.15) is 0 Å². The summed E-state index contributed by atoms with van der Waals surface area (Å²) in [6, 6.07) is 6.06. The number of benzene rings is 1. The average molecular weight is 220 g/mol. The van der Waals surface area contributed by atoms with Crippen LogP contribution in [0.25, 0.3) is 0 Å². The third kappa shape index (κ3) is 2.54. The number of aromatic hydroxyl groups is 1. The van der Waals surface area contributed by atoms with Crippen LogP contribution in [0.15, 0.2) is 18.2 Å². The van der Waals surface area contributed by atoms with Crippen molar-refractivity contribution in [3.8, 4) is 5.75 Å². The van der Waals surface area contributed by atoms with Gasteiger partial charge in [0.2, 0.25) is 0 Å². The first kappa shape index (κ1) is 11.4. The lowest BCUT2D eigenvalue weighted by atomic mass is 10.1. The van der Waals surface area contributed by atoms with E-state index in [1.807, 2.05) is 18.2 Å². The summed E-state index contributed by atoms with van der Waals surface area (Å²) in [5, 5.41) is 13.4. The van der Waals surface area contributed by atoms with Crippen molar-refractivity contribution in [2.75, 3.05) is 26.2 Å². The van der Waals surface area contributed by atoms with Gasteiger partial charge in [-0.3, -0.25) is 4.90 Å². The molecule has 16 heavy (non-hydrogen) atoms. The zero-order valence-corrected chi connectivity index (χ0v) is 9.87. The smallest absolute Gasteiger partial charge is 0.123 e. The van der Waals surface area contributed by atoms with Crippen LogP contribution < -0.4 is 5.32 Å². The normalized spacial score (nSPS) is 17.6. The maximum atomic E-state index is 10.1. The first-order valence-corrected chi connectivity index (χ1v) is 6.04. The lowest BCUT2D eigenvalue weighted by Crippen LogP contribution is -2.42. The van der Waals surface area contributed by atoms with E-state index in [2.05, 4.69) is 17.1 Å². The molecule has 0 unspecified atom stereocenters. The molecule has 1 fully saturated rings. The molecule has 2 rings (SSSR count). The molecule has 1 aromatic rings. The fourth-order valence-corrected chi connectivity index (χ4v) is 2.17. The third-order valence-corrected chi connectivity index (χ3v) is 3.19. The molecule has 1 heterocycles. The fraction of sp³-hybridized carbons (Fsp3) is 0.538. The summed E-state index contributed by atoms with van der Waals surface area (Å²) in [7, 11) is 0. The highest BCUT2D eigenvalue weighted by Crippen LogP contribution is 2.24. The number of hydrogen-bond donors (Lipinski definition) is 2. The van der Waals surface area contributed by atoms with Crippen molar-refractivity contribution in [1.82, 2.24) is 10.2 Å². The Morgan fingerprint density at radius 1 is 1.25 bits per heavy atom. The van der Waals surface area contributed by atoms with Crippen LogP contribution >= 0.6 is 0 Å². The Balaban J connectivity index is 2.08. The Labute approximate surface area is 97.1 Å². The van der Waals surface area contributed by atoms with Crippen LogP contribution in [0.2, 0.25) is 0 Å². The molecule has 0 bridgehead atoms. The molecule has 3 heteroatoms. The van der Waals surface area contributed by atoms with Gasteiger partial charge in [-0.05, 0) is 12.0 Å². The van der Waals surface area contributed by atoms with Gasteiger partial charge >= 0.3 is 0 Å². The van der Waals surface area contributed by atoms with E-state index >= 15 is 0 Å². The van der Waals surface area contributed by atoms with E-state index in [-0.39, 0.29) is 0 Å². The van der Waals surface area contributed by atoms with E-state index in [0.717, 1.165) is 50.3 Å². The maximum absolute atomic E-state index is 10.1. The lowest BCUT2D eigenvalue weighted by molar-refractivity contribution is 0.230. The summed E-state index contributed by atoms with van der Waals surface area (Å²) in [6.45, 7) is 7.17. The second-order valence-electron chi connectivity index (χ2n) is 4.30. The highest BCUT2D eigenvalue weighted by atomic mass is 16.3. The average Bonchev–Trinajstić information content (AvgIpc) is 2.33. The van der Waals surface area contributed by atoms with Gasteiger partial charge in [-0.1, -0.05) is 25.1 Å². The van der Waals surface area contributed by atoms with Crippen molar-refractivity contribution in [1.29, 1.82) is 0 Å². The summed E-state index contributed by atoms with van der Waals surface area (Å²) in [5.74, 6) is 0.489. The first-order valence-electron chi connectivity index (χ1n) is 6.04. The summed E-state index contributed by atoms with van der Waals surface area (Å²) in [5.41, 5.74) is 2.11. The van der Waals surface area contributed by atoms with E-state index in [9.17, 15) is 5.11 Å². The van der Waals surface area contributed by atoms with Crippen molar-refractivity contribution in [3.63, 3.8) is 0 Å². The number of nitrogens with one attached hydrogen (secondary N) is 1. The van der Waals surface area contributed by atoms with Gasteiger partial charge in [-0.15, -0.1) is 0 Å².